The lowest BCUT2D eigenvalue weighted by Crippen LogP contribution is -2.50. The van der Waals surface area contributed by atoms with Gasteiger partial charge in [-0.05, 0) is 19.8 Å². The molecule has 0 radical (unpaired) electrons. The molecule has 1 fully saturated rings. The molecule has 0 spiro atoms. The Hall–Kier alpha value is -0.170. The van der Waals surface area contributed by atoms with Crippen molar-refractivity contribution in [3.63, 3.8) is 0 Å². The standard InChI is InChI=1S/C11H24N2O3S/c1-10-9-17(14,15)7-5-13(10)8-11(12)4-3-6-16-2/h10-11H,3-9,12H2,1-2H3. The van der Waals surface area contributed by atoms with Gasteiger partial charge in [0.15, 0.2) is 9.84 Å². The van der Waals surface area contributed by atoms with Gasteiger partial charge in [0.1, 0.15) is 0 Å². The van der Waals surface area contributed by atoms with E-state index in [9.17, 15) is 8.42 Å². The van der Waals surface area contributed by atoms with E-state index in [0.29, 0.717) is 6.54 Å². The number of methoxy groups -OCH3 is 1. The van der Waals surface area contributed by atoms with Gasteiger partial charge in [-0.2, -0.15) is 0 Å². The van der Waals surface area contributed by atoms with E-state index in [4.69, 9.17) is 10.5 Å². The highest BCUT2D eigenvalue weighted by Gasteiger charge is 2.28. The van der Waals surface area contributed by atoms with Crippen LogP contribution < -0.4 is 5.73 Å². The second kappa shape index (κ2) is 6.68. The van der Waals surface area contributed by atoms with Gasteiger partial charge in [-0.3, -0.25) is 4.90 Å². The molecule has 0 amide bonds. The first-order valence-electron chi connectivity index (χ1n) is 6.13. The third-order valence-corrected chi connectivity index (χ3v) is 5.00. The molecule has 6 heteroatoms. The first-order chi connectivity index (χ1) is 7.94. The Kier molecular flexibility index (Phi) is 5.85. The second-order valence-corrected chi connectivity index (χ2v) is 7.08. The molecule has 2 unspecified atom stereocenters. The summed E-state index contributed by atoms with van der Waals surface area (Å²) in [7, 11) is -1.14. The van der Waals surface area contributed by atoms with Crippen LogP contribution in [0.15, 0.2) is 0 Å². The highest BCUT2D eigenvalue weighted by molar-refractivity contribution is 7.91. The molecule has 1 heterocycles. The van der Waals surface area contributed by atoms with Gasteiger partial charge in [-0.15, -0.1) is 0 Å². The molecule has 5 nitrogen and oxygen atoms in total. The molecule has 1 rings (SSSR count). The fraction of sp³-hybridized carbons (Fsp3) is 1.00. The Balaban J connectivity index is 2.32. The SMILES string of the molecule is COCCCC(N)CN1CCS(=O)(=O)CC1C. The maximum atomic E-state index is 11.4. The average Bonchev–Trinajstić information content (AvgIpc) is 2.22. The van der Waals surface area contributed by atoms with Crippen LogP contribution >= 0.6 is 0 Å². The Morgan fingerprint density at radius 3 is 2.82 bits per heavy atom. The minimum atomic E-state index is -2.82. The number of nitrogens with zero attached hydrogens (tertiary/aromatic N) is 1. The summed E-state index contributed by atoms with van der Waals surface area (Å²) >= 11 is 0. The molecule has 1 saturated heterocycles. The van der Waals surface area contributed by atoms with E-state index in [-0.39, 0.29) is 23.6 Å². The zero-order chi connectivity index (χ0) is 12.9. The van der Waals surface area contributed by atoms with E-state index in [1.807, 2.05) is 6.92 Å². The molecule has 1 aliphatic heterocycles. The molecule has 0 aromatic carbocycles. The summed E-state index contributed by atoms with van der Waals surface area (Å²) in [5.74, 6) is 0.528. The van der Waals surface area contributed by atoms with Crippen LogP contribution in [0.3, 0.4) is 0 Å². The zero-order valence-corrected chi connectivity index (χ0v) is 11.6. The van der Waals surface area contributed by atoms with Gasteiger partial charge in [0.05, 0.1) is 11.5 Å². The lowest BCUT2D eigenvalue weighted by molar-refractivity contribution is 0.178. The first kappa shape index (κ1) is 14.9. The Morgan fingerprint density at radius 1 is 1.53 bits per heavy atom. The summed E-state index contributed by atoms with van der Waals surface area (Å²) in [6.45, 7) is 4.08. The van der Waals surface area contributed by atoms with Gasteiger partial charge in [0, 0.05) is 38.9 Å². The summed E-state index contributed by atoms with van der Waals surface area (Å²) in [4.78, 5) is 2.18. The minimum Gasteiger partial charge on any atom is -0.385 e. The largest absolute Gasteiger partial charge is 0.385 e. The van der Waals surface area contributed by atoms with E-state index in [2.05, 4.69) is 4.90 Å². The molecule has 0 bridgehead atoms. The van der Waals surface area contributed by atoms with Crippen LogP contribution in [0, 0.1) is 0 Å². The van der Waals surface area contributed by atoms with Crippen LogP contribution in [0.25, 0.3) is 0 Å². The topological polar surface area (TPSA) is 72.6 Å². The third-order valence-electron chi connectivity index (χ3n) is 3.20. The molecule has 17 heavy (non-hydrogen) atoms. The third kappa shape index (κ3) is 5.33. The lowest BCUT2D eigenvalue weighted by Gasteiger charge is -2.34. The van der Waals surface area contributed by atoms with Crippen molar-refractivity contribution in [2.75, 3.05) is 38.3 Å². The van der Waals surface area contributed by atoms with Crippen molar-refractivity contribution in [1.29, 1.82) is 0 Å². The van der Waals surface area contributed by atoms with Crippen molar-refractivity contribution in [3.05, 3.63) is 0 Å². The quantitative estimate of drug-likeness (QED) is 0.676. The fourth-order valence-electron chi connectivity index (χ4n) is 2.19. The summed E-state index contributed by atoms with van der Waals surface area (Å²) in [6.07, 6.45) is 1.88. The summed E-state index contributed by atoms with van der Waals surface area (Å²) in [5.41, 5.74) is 6.03. The van der Waals surface area contributed by atoms with Crippen LogP contribution in [0.1, 0.15) is 19.8 Å². The van der Waals surface area contributed by atoms with Crippen LogP contribution in [-0.4, -0.2) is 63.7 Å². The van der Waals surface area contributed by atoms with Crippen molar-refractivity contribution in [3.8, 4) is 0 Å². The van der Waals surface area contributed by atoms with Crippen LogP contribution in [0.5, 0.6) is 0 Å². The molecule has 0 aliphatic carbocycles. The van der Waals surface area contributed by atoms with E-state index in [0.717, 1.165) is 26.0 Å². The van der Waals surface area contributed by atoms with Gasteiger partial charge in [0.2, 0.25) is 0 Å². The smallest absolute Gasteiger partial charge is 0.153 e. The molecule has 0 saturated carbocycles. The molecular formula is C11H24N2O3S. The molecule has 102 valence electrons. The maximum absolute atomic E-state index is 11.4. The average molecular weight is 264 g/mol. The van der Waals surface area contributed by atoms with E-state index in [1.54, 1.807) is 7.11 Å². The summed E-state index contributed by atoms with van der Waals surface area (Å²) in [6, 6.07) is 0.190. The predicted octanol–water partition coefficient (Wildman–Crippen LogP) is -0.141. The lowest BCUT2D eigenvalue weighted by atomic mass is 10.1. The number of nitrogens with two attached hydrogens (primary N) is 1. The minimum absolute atomic E-state index is 0.0854. The Labute approximate surface area is 104 Å². The number of rotatable bonds is 6. The molecule has 2 N–H and O–H groups in total. The van der Waals surface area contributed by atoms with Gasteiger partial charge in [-0.25, -0.2) is 8.42 Å². The van der Waals surface area contributed by atoms with Gasteiger partial charge in [0.25, 0.3) is 0 Å². The highest BCUT2D eigenvalue weighted by atomic mass is 32.2. The number of hydrogen-bond donors (Lipinski definition) is 1. The van der Waals surface area contributed by atoms with Crippen LogP contribution in [0.2, 0.25) is 0 Å². The van der Waals surface area contributed by atoms with Crippen molar-refractivity contribution in [2.45, 2.75) is 31.8 Å². The van der Waals surface area contributed by atoms with Gasteiger partial charge >= 0.3 is 0 Å². The summed E-state index contributed by atoms with van der Waals surface area (Å²) < 4.78 is 27.8. The molecule has 0 aromatic rings. The Bertz CT molecular complexity index is 319. The number of hydrogen-bond acceptors (Lipinski definition) is 5. The van der Waals surface area contributed by atoms with Gasteiger partial charge < -0.3 is 10.5 Å². The predicted molar refractivity (Wildman–Crippen MR) is 68.8 cm³/mol. The molecule has 2 atom stereocenters. The first-order valence-corrected chi connectivity index (χ1v) is 7.96. The monoisotopic (exact) mass is 264 g/mol. The molecule has 0 aromatic heterocycles. The zero-order valence-electron chi connectivity index (χ0n) is 10.8. The normalized spacial score (nSPS) is 26.9. The van der Waals surface area contributed by atoms with Crippen molar-refractivity contribution in [2.24, 2.45) is 5.73 Å². The maximum Gasteiger partial charge on any atom is 0.153 e. The Morgan fingerprint density at radius 2 is 2.24 bits per heavy atom. The van der Waals surface area contributed by atoms with E-state index in [1.165, 1.54) is 0 Å². The fourth-order valence-corrected chi connectivity index (χ4v) is 3.81. The van der Waals surface area contributed by atoms with Crippen molar-refractivity contribution in [1.82, 2.24) is 4.90 Å². The van der Waals surface area contributed by atoms with E-state index < -0.39 is 9.84 Å². The number of sulfone groups is 1. The van der Waals surface area contributed by atoms with Crippen LogP contribution in [0.4, 0.5) is 0 Å². The highest BCUT2D eigenvalue weighted by Crippen LogP contribution is 2.12. The van der Waals surface area contributed by atoms with Crippen molar-refractivity contribution < 1.29 is 13.2 Å². The van der Waals surface area contributed by atoms with Crippen molar-refractivity contribution >= 4 is 9.84 Å². The summed E-state index contributed by atoms with van der Waals surface area (Å²) in [5, 5.41) is 0. The number of ether oxygens (including phenoxy) is 1. The molecule has 1 aliphatic rings. The van der Waals surface area contributed by atoms with E-state index >= 15 is 0 Å². The van der Waals surface area contributed by atoms with Gasteiger partial charge in [-0.1, -0.05) is 0 Å². The second-order valence-electron chi connectivity index (χ2n) is 4.85. The molecular weight excluding hydrogens is 240 g/mol. The van der Waals surface area contributed by atoms with Crippen LogP contribution in [-0.2, 0) is 14.6 Å².